The van der Waals surface area contributed by atoms with Crippen LogP contribution in [0.2, 0.25) is 0 Å². The van der Waals surface area contributed by atoms with Crippen LogP contribution in [0, 0.1) is 18.6 Å². The number of nitrogens with zero attached hydrogens (tertiary/aromatic N) is 2. The molecule has 0 radical (unpaired) electrons. The van der Waals surface area contributed by atoms with Gasteiger partial charge < -0.3 is 4.74 Å². The Morgan fingerprint density at radius 2 is 1.91 bits per heavy atom. The average molecular weight is 316 g/mol. The van der Waals surface area contributed by atoms with Crippen molar-refractivity contribution in [2.45, 2.75) is 20.5 Å². The number of fused-ring (bicyclic) bond motifs is 1. The van der Waals surface area contributed by atoms with Crippen molar-refractivity contribution in [1.82, 2.24) is 9.38 Å². The van der Waals surface area contributed by atoms with Crippen LogP contribution in [0.3, 0.4) is 0 Å². The van der Waals surface area contributed by atoms with E-state index in [1.54, 1.807) is 29.7 Å². The number of imidazole rings is 1. The van der Waals surface area contributed by atoms with Gasteiger partial charge in [-0.2, -0.15) is 0 Å². The summed E-state index contributed by atoms with van der Waals surface area (Å²) < 4.78 is 34.5. The topological polar surface area (TPSA) is 43.6 Å². The van der Waals surface area contributed by atoms with Gasteiger partial charge in [0.1, 0.15) is 23.9 Å². The lowest BCUT2D eigenvalue weighted by atomic mass is 10.2. The third kappa shape index (κ3) is 2.67. The highest BCUT2D eigenvalue weighted by molar-refractivity contribution is 5.94. The zero-order chi connectivity index (χ0) is 16.6. The number of ether oxygens (including phenoxy) is 1. The SMILES string of the molecule is CC(=O)c1c(C)nc2c(OCc3c(F)cccc3F)cccn12. The largest absolute Gasteiger partial charge is 0.485 e. The molecule has 0 fully saturated rings. The Kier molecular flexibility index (Phi) is 3.82. The van der Waals surface area contributed by atoms with Crippen LogP contribution >= 0.6 is 0 Å². The number of aryl methyl sites for hydroxylation is 1. The number of hydrogen-bond acceptors (Lipinski definition) is 3. The number of ketones is 1. The fourth-order valence-corrected chi connectivity index (χ4v) is 2.51. The minimum absolute atomic E-state index is 0.118. The highest BCUT2D eigenvalue weighted by atomic mass is 19.1. The van der Waals surface area contributed by atoms with Gasteiger partial charge >= 0.3 is 0 Å². The summed E-state index contributed by atoms with van der Waals surface area (Å²) in [4.78, 5) is 16.0. The molecule has 23 heavy (non-hydrogen) atoms. The minimum Gasteiger partial charge on any atom is -0.485 e. The van der Waals surface area contributed by atoms with Crippen molar-refractivity contribution in [2.75, 3.05) is 0 Å². The number of carbonyl (C=O) groups is 1. The van der Waals surface area contributed by atoms with E-state index in [0.29, 0.717) is 22.8 Å². The molecule has 6 heteroatoms. The molecule has 0 amide bonds. The van der Waals surface area contributed by atoms with E-state index < -0.39 is 11.6 Å². The van der Waals surface area contributed by atoms with Crippen LogP contribution in [0.15, 0.2) is 36.5 Å². The molecule has 0 saturated carbocycles. The second-order valence-electron chi connectivity index (χ2n) is 5.16. The predicted octanol–water partition coefficient (Wildman–Crippen LogP) is 3.70. The summed E-state index contributed by atoms with van der Waals surface area (Å²) in [5.74, 6) is -1.10. The Morgan fingerprint density at radius 1 is 1.22 bits per heavy atom. The molecule has 118 valence electrons. The second kappa shape index (κ2) is 5.79. The Balaban J connectivity index is 1.98. The molecule has 0 aliphatic carbocycles. The van der Waals surface area contributed by atoms with Gasteiger partial charge in [-0.15, -0.1) is 0 Å². The minimum atomic E-state index is -0.666. The number of hydrogen-bond donors (Lipinski definition) is 0. The maximum absolute atomic E-state index is 13.7. The van der Waals surface area contributed by atoms with Crippen molar-refractivity contribution < 1.29 is 18.3 Å². The van der Waals surface area contributed by atoms with Gasteiger partial charge in [0.25, 0.3) is 0 Å². The first-order valence-corrected chi connectivity index (χ1v) is 7.03. The smallest absolute Gasteiger partial charge is 0.180 e. The Morgan fingerprint density at radius 3 is 2.57 bits per heavy atom. The van der Waals surface area contributed by atoms with Crippen molar-refractivity contribution in [1.29, 1.82) is 0 Å². The number of halogens is 2. The summed E-state index contributed by atoms with van der Waals surface area (Å²) in [7, 11) is 0. The molecule has 0 spiro atoms. The van der Waals surface area contributed by atoms with Crippen molar-refractivity contribution in [3.8, 4) is 5.75 Å². The number of carbonyl (C=O) groups excluding carboxylic acids is 1. The fraction of sp³-hybridized carbons (Fsp3) is 0.176. The normalized spacial score (nSPS) is 11.0. The third-order valence-corrected chi connectivity index (χ3v) is 3.56. The van der Waals surface area contributed by atoms with Gasteiger partial charge in [0.15, 0.2) is 17.2 Å². The molecule has 0 aliphatic heterocycles. The lowest BCUT2D eigenvalue weighted by molar-refractivity contribution is 0.101. The molecule has 0 unspecified atom stereocenters. The van der Waals surface area contributed by atoms with Crippen LogP contribution in [-0.2, 0) is 6.61 Å². The number of benzene rings is 1. The summed E-state index contributed by atoms with van der Waals surface area (Å²) in [5.41, 5.74) is 1.32. The average Bonchev–Trinajstić information content (AvgIpc) is 2.83. The molecule has 2 heterocycles. The first kappa shape index (κ1) is 15.1. The molecule has 4 nitrogen and oxygen atoms in total. The van der Waals surface area contributed by atoms with E-state index in [1.807, 2.05) is 0 Å². The Bertz CT molecular complexity index is 883. The van der Waals surface area contributed by atoms with Crippen LogP contribution in [0.25, 0.3) is 5.65 Å². The van der Waals surface area contributed by atoms with Crippen molar-refractivity contribution in [3.05, 3.63) is 65.1 Å². The summed E-state index contributed by atoms with van der Waals surface area (Å²) >= 11 is 0. The molecular weight excluding hydrogens is 302 g/mol. The molecule has 0 saturated heterocycles. The maximum atomic E-state index is 13.7. The fourth-order valence-electron chi connectivity index (χ4n) is 2.51. The van der Waals surface area contributed by atoms with E-state index in [9.17, 15) is 13.6 Å². The van der Waals surface area contributed by atoms with Gasteiger partial charge in [-0.05, 0) is 31.2 Å². The quantitative estimate of drug-likeness (QED) is 0.689. The van der Waals surface area contributed by atoms with Crippen LogP contribution in [-0.4, -0.2) is 15.2 Å². The summed E-state index contributed by atoms with van der Waals surface area (Å²) in [6.07, 6.45) is 1.70. The van der Waals surface area contributed by atoms with Gasteiger partial charge in [-0.1, -0.05) is 6.07 Å². The van der Waals surface area contributed by atoms with Gasteiger partial charge in [0.2, 0.25) is 0 Å². The van der Waals surface area contributed by atoms with E-state index in [1.165, 1.54) is 25.1 Å². The number of Topliss-reactive ketones (excluding diaryl/α,β-unsaturated/α-hetero) is 1. The first-order chi connectivity index (χ1) is 11.0. The number of aromatic nitrogens is 2. The summed E-state index contributed by atoms with van der Waals surface area (Å²) in [5, 5.41) is 0. The van der Waals surface area contributed by atoms with Gasteiger partial charge in [-0.3, -0.25) is 9.20 Å². The Hall–Kier alpha value is -2.76. The molecule has 3 aromatic rings. The Labute approximate surface area is 131 Å². The van der Waals surface area contributed by atoms with Crippen molar-refractivity contribution >= 4 is 11.4 Å². The van der Waals surface area contributed by atoms with Crippen LogP contribution in [0.1, 0.15) is 28.7 Å². The standard InChI is InChI=1S/C17H14F2N2O2/c1-10-16(11(2)22)21-8-4-7-15(17(21)20-10)23-9-12-13(18)5-3-6-14(12)19/h3-8H,9H2,1-2H3. The highest BCUT2D eigenvalue weighted by Gasteiger charge is 2.16. The van der Waals surface area contributed by atoms with Gasteiger partial charge in [0, 0.05) is 13.1 Å². The van der Waals surface area contributed by atoms with Crippen LogP contribution in [0.5, 0.6) is 5.75 Å². The van der Waals surface area contributed by atoms with Crippen LogP contribution < -0.4 is 4.74 Å². The van der Waals surface area contributed by atoms with E-state index in [2.05, 4.69) is 4.98 Å². The highest BCUT2D eigenvalue weighted by Crippen LogP contribution is 2.24. The second-order valence-corrected chi connectivity index (χ2v) is 5.16. The zero-order valence-corrected chi connectivity index (χ0v) is 12.6. The molecule has 0 atom stereocenters. The summed E-state index contributed by atoms with van der Waals surface area (Å²) in [6.45, 7) is 2.92. The van der Waals surface area contributed by atoms with Gasteiger partial charge in [0.05, 0.1) is 11.3 Å². The van der Waals surface area contributed by atoms with E-state index in [0.717, 1.165) is 0 Å². The van der Waals surface area contributed by atoms with Crippen molar-refractivity contribution in [2.24, 2.45) is 0 Å². The van der Waals surface area contributed by atoms with Gasteiger partial charge in [-0.25, -0.2) is 13.8 Å². The van der Waals surface area contributed by atoms with E-state index >= 15 is 0 Å². The lowest BCUT2D eigenvalue weighted by Gasteiger charge is -2.09. The molecule has 2 aromatic heterocycles. The maximum Gasteiger partial charge on any atom is 0.180 e. The summed E-state index contributed by atoms with van der Waals surface area (Å²) in [6, 6.07) is 6.98. The monoisotopic (exact) mass is 316 g/mol. The number of rotatable bonds is 4. The zero-order valence-electron chi connectivity index (χ0n) is 12.6. The van der Waals surface area contributed by atoms with Crippen LogP contribution in [0.4, 0.5) is 8.78 Å². The molecule has 0 N–H and O–H groups in total. The number of pyridine rings is 1. The molecule has 0 aliphatic rings. The molecule has 3 rings (SSSR count). The van der Waals surface area contributed by atoms with E-state index in [4.69, 9.17) is 4.74 Å². The molecule has 0 bridgehead atoms. The molecular formula is C17H14F2N2O2. The lowest BCUT2D eigenvalue weighted by Crippen LogP contribution is -2.04. The molecule has 1 aromatic carbocycles. The third-order valence-electron chi connectivity index (χ3n) is 3.56. The van der Waals surface area contributed by atoms with Crippen molar-refractivity contribution in [3.63, 3.8) is 0 Å². The predicted molar refractivity (Wildman–Crippen MR) is 80.6 cm³/mol. The van der Waals surface area contributed by atoms with E-state index in [-0.39, 0.29) is 18.0 Å². The first-order valence-electron chi connectivity index (χ1n) is 7.03.